The van der Waals surface area contributed by atoms with Crippen LogP contribution in [0.4, 0.5) is 0 Å². The standard InChI is InChI=1S/C24H33N3O4/c1-23(2,3)15-20(28)26-13-11-24(12-14-26)27(22(30)17-7-5-4-6-8-17)19(16-31-24)21(29)25-18-9-10-18/h4-8,18-19H,9-16H2,1-3H3,(H,25,29). The molecule has 1 aromatic carbocycles. The summed E-state index contributed by atoms with van der Waals surface area (Å²) in [7, 11) is 0. The van der Waals surface area contributed by atoms with Crippen LogP contribution in [0, 0.1) is 5.41 Å². The quantitative estimate of drug-likeness (QED) is 0.801. The Morgan fingerprint density at radius 2 is 1.74 bits per heavy atom. The van der Waals surface area contributed by atoms with Crippen LogP contribution in [0.2, 0.25) is 0 Å². The number of carbonyl (C=O) groups is 3. The van der Waals surface area contributed by atoms with Crippen LogP contribution < -0.4 is 5.32 Å². The maximum absolute atomic E-state index is 13.5. The molecule has 1 atom stereocenters. The number of piperidine rings is 1. The zero-order valence-corrected chi connectivity index (χ0v) is 18.7. The van der Waals surface area contributed by atoms with Gasteiger partial charge in [-0.3, -0.25) is 19.3 Å². The smallest absolute Gasteiger partial charge is 0.256 e. The van der Waals surface area contributed by atoms with Crippen molar-refractivity contribution in [3.63, 3.8) is 0 Å². The predicted octanol–water partition coefficient (Wildman–Crippen LogP) is 2.56. The molecule has 1 saturated carbocycles. The highest BCUT2D eigenvalue weighted by molar-refractivity contribution is 5.98. The van der Waals surface area contributed by atoms with Gasteiger partial charge in [-0.1, -0.05) is 39.0 Å². The topological polar surface area (TPSA) is 79.0 Å². The molecule has 2 aliphatic heterocycles. The molecule has 7 nitrogen and oxygen atoms in total. The first-order valence-electron chi connectivity index (χ1n) is 11.3. The largest absolute Gasteiger partial charge is 0.353 e. The number of nitrogens with zero attached hydrogens (tertiary/aromatic N) is 2. The van der Waals surface area contributed by atoms with E-state index in [-0.39, 0.29) is 35.8 Å². The van der Waals surface area contributed by atoms with E-state index in [2.05, 4.69) is 26.1 Å². The number of benzene rings is 1. The minimum Gasteiger partial charge on any atom is -0.353 e. The van der Waals surface area contributed by atoms with Gasteiger partial charge in [0.05, 0.1) is 6.61 Å². The van der Waals surface area contributed by atoms with Gasteiger partial charge >= 0.3 is 0 Å². The van der Waals surface area contributed by atoms with Crippen molar-refractivity contribution in [2.75, 3.05) is 19.7 Å². The lowest BCUT2D eigenvalue weighted by molar-refractivity contribution is -0.145. The molecule has 0 aromatic heterocycles. The van der Waals surface area contributed by atoms with E-state index in [4.69, 9.17) is 4.74 Å². The summed E-state index contributed by atoms with van der Waals surface area (Å²) in [5, 5.41) is 3.03. The molecule has 0 radical (unpaired) electrons. The molecule has 168 valence electrons. The highest BCUT2D eigenvalue weighted by Gasteiger charge is 2.54. The third-order valence-electron chi connectivity index (χ3n) is 6.31. The Kier molecular flexibility index (Phi) is 5.81. The molecular weight excluding hydrogens is 394 g/mol. The van der Waals surface area contributed by atoms with Crippen molar-refractivity contribution in [2.45, 2.75) is 70.7 Å². The Morgan fingerprint density at radius 1 is 1.10 bits per heavy atom. The molecular formula is C24H33N3O4. The van der Waals surface area contributed by atoms with Gasteiger partial charge in [0.1, 0.15) is 11.8 Å². The van der Waals surface area contributed by atoms with E-state index in [1.54, 1.807) is 17.0 Å². The van der Waals surface area contributed by atoms with E-state index < -0.39 is 11.8 Å². The molecule has 0 bridgehead atoms. The van der Waals surface area contributed by atoms with Crippen molar-refractivity contribution in [1.82, 2.24) is 15.1 Å². The van der Waals surface area contributed by atoms with Gasteiger partial charge in [0.2, 0.25) is 11.8 Å². The average Bonchev–Trinajstić information content (AvgIpc) is 3.47. The minimum absolute atomic E-state index is 0.0720. The first-order chi connectivity index (χ1) is 14.7. The Balaban J connectivity index is 1.53. The maximum Gasteiger partial charge on any atom is 0.256 e. The van der Waals surface area contributed by atoms with E-state index in [0.717, 1.165) is 12.8 Å². The third-order valence-corrected chi connectivity index (χ3v) is 6.31. The summed E-state index contributed by atoms with van der Waals surface area (Å²) in [5.41, 5.74) is -0.378. The molecule has 1 aliphatic carbocycles. The van der Waals surface area contributed by atoms with Crippen molar-refractivity contribution in [1.29, 1.82) is 0 Å². The van der Waals surface area contributed by atoms with E-state index in [1.807, 2.05) is 23.1 Å². The lowest BCUT2D eigenvalue weighted by atomic mass is 9.90. The number of amides is 3. The normalized spacial score (nSPS) is 23.1. The number of nitrogens with one attached hydrogen (secondary N) is 1. The summed E-state index contributed by atoms with van der Waals surface area (Å²) in [6.45, 7) is 7.39. The molecule has 1 spiro atoms. The van der Waals surface area contributed by atoms with Gasteiger partial charge in [-0.2, -0.15) is 0 Å². The summed E-state index contributed by atoms with van der Waals surface area (Å²) >= 11 is 0. The van der Waals surface area contributed by atoms with E-state index in [1.165, 1.54) is 0 Å². The fraction of sp³-hybridized carbons (Fsp3) is 0.625. The Hall–Kier alpha value is -2.41. The highest BCUT2D eigenvalue weighted by atomic mass is 16.5. The number of hydrogen-bond donors (Lipinski definition) is 1. The first kappa shape index (κ1) is 21.8. The molecule has 3 amide bonds. The fourth-order valence-corrected chi connectivity index (χ4v) is 4.48. The summed E-state index contributed by atoms with van der Waals surface area (Å²) in [4.78, 5) is 42.7. The van der Waals surface area contributed by atoms with Crippen LogP contribution in [-0.4, -0.2) is 65.0 Å². The number of ether oxygens (including phenoxy) is 1. The number of hydrogen-bond acceptors (Lipinski definition) is 4. The lowest BCUT2D eigenvalue weighted by Crippen LogP contribution is -2.60. The maximum atomic E-state index is 13.5. The zero-order valence-electron chi connectivity index (χ0n) is 18.7. The monoisotopic (exact) mass is 427 g/mol. The fourth-order valence-electron chi connectivity index (χ4n) is 4.48. The van der Waals surface area contributed by atoms with Gasteiger partial charge in [-0.25, -0.2) is 0 Å². The van der Waals surface area contributed by atoms with E-state index in [9.17, 15) is 14.4 Å². The third kappa shape index (κ3) is 4.76. The number of carbonyl (C=O) groups excluding carboxylic acids is 3. The molecule has 1 N–H and O–H groups in total. The second-order valence-electron chi connectivity index (χ2n) is 10.2. The highest BCUT2D eigenvalue weighted by Crippen LogP contribution is 2.39. The van der Waals surface area contributed by atoms with Crippen LogP contribution in [0.5, 0.6) is 0 Å². The van der Waals surface area contributed by atoms with Crippen molar-refractivity contribution >= 4 is 17.7 Å². The molecule has 2 saturated heterocycles. The summed E-state index contributed by atoms with van der Waals surface area (Å²) in [6.07, 6.45) is 3.48. The van der Waals surface area contributed by atoms with Gasteiger partial charge in [0.25, 0.3) is 5.91 Å². The summed E-state index contributed by atoms with van der Waals surface area (Å²) in [6, 6.07) is 8.62. The Bertz CT molecular complexity index is 836. The molecule has 3 aliphatic rings. The minimum atomic E-state index is -0.850. The second kappa shape index (κ2) is 8.26. The van der Waals surface area contributed by atoms with Crippen molar-refractivity contribution < 1.29 is 19.1 Å². The molecule has 1 aromatic rings. The Labute approximate surface area is 184 Å². The van der Waals surface area contributed by atoms with Gasteiger partial charge in [0, 0.05) is 44.0 Å². The van der Waals surface area contributed by atoms with Crippen LogP contribution in [0.3, 0.4) is 0 Å². The molecule has 7 heteroatoms. The van der Waals surface area contributed by atoms with Crippen LogP contribution in [0.15, 0.2) is 30.3 Å². The van der Waals surface area contributed by atoms with Crippen molar-refractivity contribution in [3.05, 3.63) is 35.9 Å². The first-order valence-corrected chi connectivity index (χ1v) is 11.3. The summed E-state index contributed by atoms with van der Waals surface area (Å²) in [5.74, 6) is -0.206. The van der Waals surface area contributed by atoms with Crippen molar-refractivity contribution in [2.24, 2.45) is 5.41 Å². The van der Waals surface area contributed by atoms with Crippen LogP contribution in [-0.2, 0) is 14.3 Å². The SMILES string of the molecule is CC(C)(C)CC(=O)N1CCC2(CC1)OCC(C(=O)NC1CC1)N2C(=O)c1ccccc1. The van der Waals surface area contributed by atoms with Crippen molar-refractivity contribution in [3.8, 4) is 0 Å². The molecule has 3 fully saturated rings. The lowest BCUT2D eigenvalue weighted by Gasteiger charge is -2.44. The van der Waals surface area contributed by atoms with Crippen LogP contribution >= 0.6 is 0 Å². The van der Waals surface area contributed by atoms with Gasteiger partial charge in [-0.15, -0.1) is 0 Å². The number of rotatable bonds is 4. The average molecular weight is 428 g/mol. The molecule has 1 unspecified atom stereocenters. The van der Waals surface area contributed by atoms with Crippen LogP contribution in [0.25, 0.3) is 0 Å². The van der Waals surface area contributed by atoms with Gasteiger partial charge < -0.3 is 15.0 Å². The van der Waals surface area contributed by atoms with E-state index in [0.29, 0.717) is 37.9 Å². The second-order valence-corrected chi connectivity index (χ2v) is 10.2. The predicted molar refractivity (Wildman–Crippen MR) is 116 cm³/mol. The molecule has 4 rings (SSSR count). The molecule has 2 heterocycles. The zero-order chi connectivity index (χ0) is 22.2. The van der Waals surface area contributed by atoms with E-state index >= 15 is 0 Å². The summed E-state index contributed by atoms with van der Waals surface area (Å²) < 4.78 is 6.21. The Morgan fingerprint density at radius 3 is 2.32 bits per heavy atom. The van der Waals surface area contributed by atoms with Gasteiger partial charge in [-0.05, 0) is 30.4 Å². The number of likely N-dealkylation sites (tertiary alicyclic amines) is 1. The van der Waals surface area contributed by atoms with Crippen LogP contribution in [0.1, 0.15) is 63.2 Å². The van der Waals surface area contributed by atoms with Gasteiger partial charge in [0.15, 0.2) is 0 Å². The molecule has 31 heavy (non-hydrogen) atoms.